The topological polar surface area (TPSA) is 12.9 Å². The molecular weight excluding hydrogens is 153 g/mol. The molecule has 0 N–H and O–H groups in total. The molecule has 1 heterocycles. The maximum atomic E-state index is 13.1. The average Bonchev–Trinajstić information content (AvgIpc) is 2.07. The zero-order chi connectivity index (χ0) is 8.55. The number of fused-ring (bicyclic) bond motifs is 1. The summed E-state index contributed by atoms with van der Waals surface area (Å²) >= 11 is 0. The van der Waals surface area contributed by atoms with E-state index < -0.39 is 5.95 Å². The summed E-state index contributed by atoms with van der Waals surface area (Å²) in [5.74, 6) is -0.392. The SMILES string of the molecule is Cc1cccc2c(F)nccc12. The molecule has 0 aliphatic heterocycles. The number of pyridine rings is 1. The quantitative estimate of drug-likeness (QED) is 0.541. The Bertz CT molecular complexity index is 382. The number of nitrogens with zero attached hydrogens (tertiary/aromatic N) is 1. The smallest absolute Gasteiger partial charge is 0.220 e. The molecule has 2 rings (SSSR count). The monoisotopic (exact) mass is 161 g/mol. The molecule has 0 amide bonds. The standard InChI is InChI=1S/C10H8FN/c1-7-3-2-4-9-8(7)5-6-12-10(9)11/h2-6H,1H3. The van der Waals surface area contributed by atoms with Crippen LogP contribution in [0.2, 0.25) is 0 Å². The first-order valence-corrected chi connectivity index (χ1v) is 3.79. The molecule has 0 saturated carbocycles. The summed E-state index contributed by atoms with van der Waals surface area (Å²) in [5.41, 5.74) is 1.08. The normalized spacial score (nSPS) is 10.5. The van der Waals surface area contributed by atoms with Crippen LogP contribution in [0.4, 0.5) is 4.39 Å². The summed E-state index contributed by atoms with van der Waals surface area (Å²) in [6, 6.07) is 7.36. The second-order valence-electron chi connectivity index (χ2n) is 2.77. The zero-order valence-corrected chi connectivity index (χ0v) is 6.71. The fourth-order valence-corrected chi connectivity index (χ4v) is 1.33. The van der Waals surface area contributed by atoms with E-state index in [1.54, 1.807) is 6.07 Å². The van der Waals surface area contributed by atoms with E-state index >= 15 is 0 Å². The van der Waals surface area contributed by atoms with Gasteiger partial charge < -0.3 is 0 Å². The van der Waals surface area contributed by atoms with Crippen LogP contribution in [0.25, 0.3) is 10.8 Å². The highest BCUT2D eigenvalue weighted by atomic mass is 19.1. The van der Waals surface area contributed by atoms with E-state index in [0.717, 1.165) is 10.9 Å². The predicted octanol–water partition coefficient (Wildman–Crippen LogP) is 2.68. The first-order chi connectivity index (χ1) is 5.79. The third-order valence-electron chi connectivity index (χ3n) is 1.98. The molecule has 0 aliphatic rings. The Balaban J connectivity index is 2.94. The fraction of sp³-hybridized carbons (Fsp3) is 0.100. The molecule has 0 aliphatic carbocycles. The van der Waals surface area contributed by atoms with E-state index in [-0.39, 0.29) is 0 Å². The molecule has 0 atom stereocenters. The average molecular weight is 161 g/mol. The van der Waals surface area contributed by atoms with Gasteiger partial charge in [0.1, 0.15) is 0 Å². The second-order valence-corrected chi connectivity index (χ2v) is 2.77. The molecule has 2 aromatic rings. The lowest BCUT2D eigenvalue weighted by Gasteiger charge is -2.00. The molecule has 0 spiro atoms. The highest BCUT2D eigenvalue weighted by molar-refractivity contribution is 5.84. The summed E-state index contributed by atoms with van der Waals surface area (Å²) in [6.07, 6.45) is 1.49. The highest BCUT2D eigenvalue weighted by Gasteiger charge is 2.01. The van der Waals surface area contributed by atoms with Gasteiger partial charge in [-0.3, -0.25) is 0 Å². The van der Waals surface area contributed by atoms with E-state index in [9.17, 15) is 4.39 Å². The molecule has 0 unspecified atom stereocenters. The van der Waals surface area contributed by atoms with Crippen LogP contribution in [0.3, 0.4) is 0 Å². The summed E-state index contributed by atoms with van der Waals surface area (Å²) in [4.78, 5) is 3.58. The van der Waals surface area contributed by atoms with Gasteiger partial charge in [-0.2, -0.15) is 4.39 Å². The van der Waals surface area contributed by atoms with Gasteiger partial charge in [0.25, 0.3) is 0 Å². The van der Waals surface area contributed by atoms with Crippen molar-refractivity contribution in [3.8, 4) is 0 Å². The molecule has 0 radical (unpaired) electrons. The maximum absolute atomic E-state index is 13.1. The zero-order valence-electron chi connectivity index (χ0n) is 6.71. The minimum atomic E-state index is -0.392. The van der Waals surface area contributed by atoms with E-state index in [1.807, 2.05) is 25.1 Å². The van der Waals surface area contributed by atoms with Crippen molar-refractivity contribution in [1.82, 2.24) is 4.98 Å². The summed E-state index contributed by atoms with van der Waals surface area (Å²) in [7, 11) is 0. The van der Waals surface area contributed by atoms with Gasteiger partial charge in [0.05, 0.1) is 0 Å². The number of rotatable bonds is 0. The minimum Gasteiger partial charge on any atom is -0.228 e. The third-order valence-corrected chi connectivity index (χ3v) is 1.98. The number of halogens is 1. The van der Waals surface area contributed by atoms with Crippen LogP contribution in [-0.4, -0.2) is 4.98 Å². The molecule has 12 heavy (non-hydrogen) atoms. The Kier molecular flexibility index (Phi) is 1.54. The van der Waals surface area contributed by atoms with E-state index in [1.165, 1.54) is 6.20 Å². The van der Waals surface area contributed by atoms with Crippen molar-refractivity contribution in [2.45, 2.75) is 6.92 Å². The first-order valence-electron chi connectivity index (χ1n) is 3.79. The van der Waals surface area contributed by atoms with Gasteiger partial charge in [-0.25, -0.2) is 4.98 Å². The van der Waals surface area contributed by atoms with Crippen molar-refractivity contribution in [3.63, 3.8) is 0 Å². The molecule has 0 bridgehead atoms. The molecule has 1 aromatic heterocycles. The minimum absolute atomic E-state index is 0.392. The molecule has 2 heteroatoms. The first kappa shape index (κ1) is 7.22. The van der Waals surface area contributed by atoms with E-state index in [4.69, 9.17) is 0 Å². The van der Waals surface area contributed by atoms with Crippen molar-refractivity contribution in [2.24, 2.45) is 0 Å². The van der Waals surface area contributed by atoms with Gasteiger partial charge in [0.2, 0.25) is 5.95 Å². The molecule has 0 saturated heterocycles. The van der Waals surface area contributed by atoms with Crippen LogP contribution < -0.4 is 0 Å². The van der Waals surface area contributed by atoms with E-state index in [2.05, 4.69) is 4.98 Å². The lowest BCUT2D eigenvalue weighted by atomic mass is 10.1. The maximum Gasteiger partial charge on any atom is 0.220 e. The lowest BCUT2D eigenvalue weighted by molar-refractivity contribution is 0.596. The van der Waals surface area contributed by atoms with Gasteiger partial charge in [-0.05, 0) is 30.0 Å². The Labute approximate surface area is 69.9 Å². The van der Waals surface area contributed by atoms with Crippen molar-refractivity contribution >= 4 is 10.8 Å². The number of benzene rings is 1. The largest absolute Gasteiger partial charge is 0.228 e. The van der Waals surface area contributed by atoms with E-state index in [0.29, 0.717) is 5.39 Å². The summed E-state index contributed by atoms with van der Waals surface area (Å²) < 4.78 is 13.1. The summed E-state index contributed by atoms with van der Waals surface area (Å²) in [6.45, 7) is 1.96. The number of aromatic nitrogens is 1. The Morgan fingerprint density at radius 2 is 2.00 bits per heavy atom. The van der Waals surface area contributed by atoms with Crippen LogP contribution in [0, 0.1) is 12.9 Å². The molecule has 60 valence electrons. The number of hydrogen-bond acceptors (Lipinski definition) is 1. The van der Waals surface area contributed by atoms with Gasteiger partial charge in [0.15, 0.2) is 0 Å². The van der Waals surface area contributed by atoms with Crippen LogP contribution in [0.5, 0.6) is 0 Å². The molecular formula is C10H8FN. The fourth-order valence-electron chi connectivity index (χ4n) is 1.33. The van der Waals surface area contributed by atoms with Gasteiger partial charge in [-0.1, -0.05) is 12.1 Å². The lowest BCUT2D eigenvalue weighted by Crippen LogP contribution is -1.85. The van der Waals surface area contributed by atoms with Crippen molar-refractivity contribution in [2.75, 3.05) is 0 Å². The van der Waals surface area contributed by atoms with Gasteiger partial charge in [0, 0.05) is 11.6 Å². The van der Waals surface area contributed by atoms with Crippen LogP contribution in [-0.2, 0) is 0 Å². The van der Waals surface area contributed by atoms with Gasteiger partial charge >= 0.3 is 0 Å². The summed E-state index contributed by atoms with van der Waals surface area (Å²) in [5, 5.41) is 1.53. The van der Waals surface area contributed by atoms with Crippen molar-refractivity contribution in [1.29, 1.82) is 0 Å². The molecule has 1 aromatic carbocycles. The second kappa shape index (κ2) is 2.55. The van der Waals surface area contributed by atoms with Crippen LogP contribution in [0.1, 0.15) is 5.56 Å². The number of hydrogen-bond donors (Lipinski definition) is 0. The Morgan fingerprint density at radius 3 is 2.75 bits per heavy atom. The number of aryl methyl sites for hydroxylation is 1. The Morgan fingerprint density at radius 1 is 1.17 bits per heavy atom. The van der Waals surface area contributed by atoms with Crippen LogP contribution >= 0.6 is 0 Å². The van der Waals surface area contributed by atoms with Crippen LogP contribution in [0.15, 0.2) is 30.5 Å². The Hall–Kier alpha value is -1.44. The molecule has 0 fully saturated rings. The highest BCUT2D eigenvalue weighted by Crippen LogP contribution is 2.18. The predicted molar refractivity (Wildman–Crippen MR) is 46.4 cm³/mol. The third kappa shape index (κ3) is 0.961. The van der Waals surface area contributed by atoms with Gasteiger partial charge in [-0.15, -0.1) is 0 Å². The molecule has 1 nitrogen and oxygen atoms in total. The van der Waals surface area contributed by atoms with Crippen molar-refractivity contribution < 1.29 is 4.39 Å². The van der Waals surface area contributed by atoms with Crippen molar-refractivity contribution in [3.05, 3.63) is 42.0 Å².